The molecule has 0 aliphatic rings. The molecule has 0 unspecified atom stereocenters. The number of aromatic nitrogens is 1. The topological polar surface area (TPSA) is 24.9 Å². The molecule has 16 heavy (non-hydrogen) atoms. The van der Waals surface area contributed by atoms with Crippen molar-refractivity contribution in [3.63, 3.8) is 0 Å². The van der Waals surface area contributed by atoms with Crippen LogP contribution in [0.1, 0.15) is 33.3 Å². The van der Waals surface area contributed by atoms with Gasteiger partial charge in [0.1, 0.15) is 0 Å². The van der Waals surface area contributed by atoms with Gasteiger partial charge in [0, 0.05) is 24.5 Å². The molecule has 1 aromatic rings. The van der Waals surface area contributed by atoms with Gasteiger partial charge in [-0.15, -0.1) is 11.8 Å². The van der Waals surface area contributed by atoms with Gasteiger partial charge < -0.3 is 5.32 Å². The first kappa shape index (κ1) is 13.5. The largest absolute Gasteiger partial charge is 0.310 e. The highest BCUT2D eigenvalue weighted by atomic mass is 32.2. The molecule has 1 rings (SSSR count). The molecule has 1 aromatic heterocycles. The van der Waals surface area contributed by atoms with Crippen molar-refractivity contribution < 1.29 is 0 Å². The summed E-state index contributed by atoms with van der Waals surface area (Å²) < 4.78 is 0. The number of pyridine rings is 1. The number of hydrogen-bond donors (Lipinski definition) is 1. The predicted octanol–water partition coefficient (Wildman–Crippen LogP) is 3.33. The van der Waals surface area contributed by atoms with Gasteiger partial charge in [-0.05, 0) is 17.5 Å². The minimum atomic E-state index is 0.523. The summed E-state index contributed by atoms with van der Waals surface area (Å²) in [5, 5.41) is 4.51. The molecule has 0 spiro atoms. The molecule has 0 aromatic carbocycles. The van der Waals surface area contributed by atoms with Gasteiger partial charge in [0.05, 0.1) is 5.03 Å². The van der Waals surface area contributed by atoms with Crippen molar-refractivity contribution in [2.45, 2.75) is 45.3 Å². The van der Waals surface area contributed by atoms with Gasteiger partial charge in [0.2, 0.25) is 0 Å². The first-order chi connectivity index (χ1) is 7.58. The smallest absolute Gasteiger partial charge is 0.0960 e. The zero-order valence-electron chi connectivity index (χ0n) is 10.7. The summed E-state index contributed by atoms with van der Waals surface area (Å²) in [6.07, 6.45) is 1.97. The molecular weight excluding hydrogens is 216 g/mol. The van der Waals surface area contributed by atoms with Crippen LogP contribution in [-0.4, -0.2) is 16.8 Å². The SMILES string of the molecule is CC(C)CSc1ccc(CNC(C)C)cn1. The first-order valence-corrected chi connectivity index (χ1v) is 6.87. The summed E-state index contributed by atoms with van der Waals surface area (Å²) in [4.78, 5) is 4.45. The highest BCUT2D eigenvalue weighted by Gasteiger charge is 2.00. The number of hydrogen-bond acceptors (Lipinski definition) is 3. The van der Waals surface area contributed by atoms with Crippen molar-refractivity contribution >= 4 is 11.8 Å². The third-order valence-electron chi connectivity index (χ3n) is 2.08. The number of thioether (sulfide) groups is 1. The van der Waals surface area contributed by atoms with Crippen LogP contribution in [0.15, 0.2) is 23.4 Å². The molecule has 90 valence electrons. The third-order valence-corrected chi connectivity index (χ3v) is 3.45. The van der Waals surface area contributed by atoms with E-state index in [-0.39, 0.29) is 0 Å². The Bertz CT molecular complexity index is 262. The summed E-state index contributed by atoms with van der Waals surface area (Å²) in [6.45, 7) is 9.67. The number of rotatable bonds is 6. The molecule has 3 heteroatoms. The Kier molecular flexibility index (Phi) is 5.85. The second-order valence-electron chi connectivity index (χ2n) is 4.75. The molecule has 0 atom stereocenters. The Morgan fingerprint density at radius 2 is 2.00 bits per heavy atom. The molecule has 0 amide bonds. The normalized spacial score (nSPS) is 11.4. The van der Waals surface area contributed by atoms with Crippen molar-refractivity contribution in [3.8, 4) is 0 Å². The van der Waals surface area contributed by atoms with Crippen molar-refractivity contribution in [2.75, 3.05) is 5.75 Å². The van der Waals surface area contributed by atoms with Crippen LogP contribution >= 0.6 is 11.8 Å². The molecule has 0 saturated carbocycles. The average molecular weight is 238 g/mol. The van der Waals surface area contributed by atoms with E-state index < -0.39 is 0 Å². The van der Waals surface area contributed by atoms with E-state index >= 15 is 0 Å². The Labute approximate surface area is 103 Å². The van der Waals surface area contributed by atoms with Crippen LogP contribution in [0.25, 0.3) is 0 Å². The average Bonchev–Trinajstić information content (AvgIpc) is 2.25. The van der Waals surface area contributed by atoms with Gasteiger partial charge in [0.15, 0.2) is 0 Å². The van der Waals surface area contributed by atoms with Crippen LogP contribution in [0.3, 0.4) is 0 Å². The second-order valence-corrected chi connectivity index (χ2v) is 5.79. The highest BCUT2D eigenvalue weighted by Crippen LogP contribution is 2.18. The Morgan fingerprint density at radius 3 is 2.50 bits per heavy atom. The van der Waals surface area contributed by atoms with Crippen LogP contribution in [0.2, 0.25) is 0 Å². The van der Waals surface area contributed by atoms with Crippen LogP contribution < -0.4 is 5.32 Å². The molecule has 0 bridgehead atoms. The van der Waals surface area contributed by atoms with Crippen molar-refractivity contribution in [2.24, 2.45) is 5.92 Å². The van der Waals surface area contributed by atoms with Crippen LogP contribution in [0.5, 0.6) is 0 Å². The molecular formula is C13H22N2S. The van der Waals surface area contributed by atoms with Crippen molar-refractivity contribution in [1.29, 1.82) is 0 Å². The van der Waals surface area contributed by atoms with E-state index in [0.717, 1.165) is 17.3 Å². The minimum Gasteiger partial charge on any atom is -0.310 e. The first-order valence-electron chi connectivity index (χ1n) is 5.89. The van der Waals surface area contributed by atoms with Gasteiger partial charge >= 0.3 is 0 Å². The zero-order valence-corrected chi connectivity index (χ0v) is 11.5. The lowest BCUT2D eigenvalue weighted by molar-refractivity contribution is 0.587. The zero-order chi connectivity index (χ0) is 12.0. The Hall–Kier alpha value is -0.540. The fourth-order valence-corrected chi connectivity index (χ4v) is 1.97. The molecule has 0 saturated heterocycles. The van der Waals surface area contributed by atoms with Gasteiger partial charge in [-0.1, -0.05) is 33.8 Å². The third kappa shape index (κ3) is 5.52. The fourth-order valence-electron chi connectivity index (χ4n) is 1.17. The van der Waals surface area contributed by atoms with Gasteiger partial charge in [-0.25, -0.2) is 4.98 Å². The van der Waals surface area contributed by atoms with E-state index in [4.69, 9.17) is 0 Å². The number of nitrogens with zero attached hydrogens (tertiary/aromatic N) is 1. The fraction of sp³-hybridized carbons (Fsp3) is 0.615. The van der Waals surface area contributed by atoms with E-state index in [0.29, 0.717) is 12.0 Å². The van der Waals surface area contributed by atoms with E-state index in [1.807, 2.05) is 18.0 Å². The Morgan fingerprint density at radius 1 is 1.25 bits per heavy atom. The molecule has 0 fully saturated rings. The van der Waals surface area contributed by atoms with Gasteiger partial charge in [-0.2, -0.15) is 0 Å². The maximum absolute atomic E-state index is 4.45. The standard InChI is InChI=1S/C13H22N2S/c1-10(2)9-16-13-6-5-12(8-15-13)7-14-11(3)4/h5-6,8,10-11,14H,7,9H2,1-4H3. The van der Waals surface area contributed by atoms with Crippen LogP contribution in [0.4, 0.5) is 0 Å². The second kappa shape index (κ2) is 6.92. The van der Waals surface area contributed by atoms with E-state index in [2.05, 4.69) is 50.1 Å². The molecule has 1 N–H and O–H groups in total. The Balaban J connectivity index is 2.41. The quantitative estimate of drug-likeness (QED) is 0.770. The summed E-state index contributed by atoms with van der Waals surface area (Å²) in [7, 11) is 0. The summed E-state index contributed by atoms with van der Waals surface area (Å²) in [5.74, 6) is 1.85. The van der Waals surface area contributed by atoms with Crippen LogP contribution in [-0.2, 0) is 6.54 Å². The number of nitrogens with one attached hydrogen (secondary N) is 1. The summed E-state index contributed by atoms with van der Waals surface area (Å²) in [6, 6.07) is 4.80. The molecule has 0 radical (unpaired) electrons. The summed E-state index contributed by atoms with van der Waals surface area (Å²) >= 11 is 1.83. The van der Waals surface area contributed by atoms with Crippen LogP contribution in [0, 0.1) is 5.92 Å². The lowest BCUT2D eigenvalue weighted by atomic mass is 10.2. The highest BCUT2D eigenvalue weighted by molar-refractivity contribution is 7.99. The molecule has 0 aliphatic carbocycles. The lowest BCUT2D eigenvalue weighted by Crippen LogP contribution is -2.21. The maximum Gasteiger partial charge on any atom is 0.0960 e. The molecule has 2 nitrogen and oxygen atoms in total. The van der Waals surface area contributed by atoms with Gasteiger partial charge in [-0.3, -0.25) is 0 Å². The maximum atomic E-state index is 4.45. The van der Waals surface area contributed by atoms with E-state index in [1.165, 1.54) is 5.56 Å². The molecule has 1 heterocycles. The van der Waals surface area contributed by atoms with E-state index in [9.17, 15) is 0 Å². The molecule has 0 aliphatic heterocycles. The summed E-state index contributed by atoms with van der Waals surface area (Å²) in [5.41, 5.74) is 1.25. The van der Waals surface area contributed by atoms with E-state index in [1.54, 1.807) is 0 Å². The predicted molar refractivity (Wildman–Crippen MR) is 71.8 cm³/mol. The monoisotopic (exact) mass is 238 g/mol. The minimum absolute atomic E-state index is 0.523. The van der Waals surface area contributed by atoms with Crippen molar-refractivity contribution in [1.82, 2.24) is 10.3 Å². The lowest BCUT2D eigenvalue weighted by Gasteiger charge is -2.08. The van der Waals surface area contributed by atoms with Gasteiger partial charge in [0.25, 0.3) is 0 Å². The van der Waals surface area contributed by atoms with Crippen molar-refractivity contribution in [3.05, 3.63) is 23.9 Å².